The topological polar surface area (TPSA) is 76.6 Å². The molecule has 150 valence electrons. The third-order valence-electron chi connectivity index (χ3n) is 4.65. The lowest BCUT2D eigenvalue weighted by molar-refractivity contribution is -0.384. The van der Waals surface area contributed by atoms with E-state index in [2.05, 4.69) is 0 Å². The van der Waals surface area contributed by atoms with E-state index in [1.807, 2.05) is 31.2 Å². The summed E-state index contributed by atoms with van der Waals surface area (Å²) >= 11 is 6.68. The Labute approximate surface area is 182 Å². The maximum Gasteiger partial charge on any atom is 0.270 e. The number of nitrogens with zero attached hydrogens (tertiary/aromatic N) is 2. The molecule has 0 unspecified atom stereocenters. The number of carbonyl (C=O) groups excluding carboxylic acids is 1. The first-order valence-corrected chi connectivity index (χ1v) is 10.4. The van der Waals surface area contributed by atoms with E-state index in [9.17, 15) is 14.9 Å². The van der Waals surface area contributed by atoms with Crippen LogP contribution in [0.2, 0.25) is 0 Å². The summed E-state index contributed by atoms with van der Waals surface area (Å²) < 4.78 is 6.28. The Balaban J connectivity index is 1.62. The van der Waals surface area contributed by atoms with Gasteiger partial charge < -0.3 is 4.42 Å². The Hall–Kier alpha value is -3.23. The van der Waals surface area contributed by atoms with Crippen molar-refractivity contribution in [2.45, 2.75) is 13.3 Å². The van der Waals surface area contributed by atoms with Crippen LogP contribution < -0.4 is 4.90 Å². The van der Waals surface area contributed by atoms with Crippen molar-refractivity contribution in [3.63, 3.8) is 0 Å². The van der Waals surface area contributed by atoms with Gasteiger partial charge in [-0.15, -0.1) is 0 Å². The van der Waals surface area contributed by atoms with E-state index < -0.39 is 4.92 Å². The van der Waals surface area contributed by atoms with Gasteiger partial charge in [-0.3, -0.25) is 19.8 Å². The fourth-order valence-corrected chi connectivity index (χ4v) is 4.46. The zero-order valence-electron chi connectivity index (χ0n) is 15.9. The number of carbonyl (C=O) groups is 1. The Kier molecular flexibility index (Phi) is 5.52. The van der Waals surface area contributed by atoms with Crippen molar-refractivity contribution in [2.24, 2.45) is 0 Å². The van der Waals surface area contributed by atoms with Gasteiger partial charge in [-0.2, -0.15) is 0 Å². The molecular weight excluding hydrogens is 420 g/mol. The minimum absolute atomic E-state index is 0.0130. The lowest BCUT2D eigenvalue weighted by atomic mass is 10.1. The van der Waals surface area contributed by atoms with Crippen molar-refractivity contribution >= 4 is 51.7 Å². The van der Waals surface area contributed by atoms with E-state index in [0.29, 0.717) is 26.3 Å². The van der Waals surface area contributed by atoms with Crippen LogP contribution in [0.4, 0.5) is 11.4 Å². The lowest BCUT2D eigenvalue weighted by Crippen LogP contribution is -2.28. The van der Waals surface area contributed by atoms with Crippen molar-refractivity contribution in [1.29, 1.82) is 0 Å². The summed E-state index contributed by atoms with van der Waals surface area (Å²) in [6.45, 7) is 2.03. The number of benzene rings is 2. The van der Waals surface area contributed by atoms with Crippen LogP contribution >= 0.6 is 24.0 Å². The Bertz CT molecular complexity index is 1200. The van der Waals surface area contributed by atoms with Crippen molar-refractivity contribution in [3.05, 3.63) is 87.0 Å². The van der Waals surface area contributed by atoms with Crippen molar-refractivity contribution < 1.29 is 14.1 Å². The molecule has 0 atom stereocenters. The van der Waals surface area contributed by atoms with Gasteiger partial charge in [0.1, 0.15) is 11.5 Å². The zero-order chi connectivity index (χ0) is 21.3. The molecule has 1 amide bonds. The molecule has 0 aliphatic carbocycles. The second-order valence-electron chi connectivity index (χ2n) is 6.51. The Morgan fingerprint density at radius 2 is 1.97 bits per heavy atom. The normalized spacial score (nSPS) is 15.2. The summed E-state index contributed by atoms with van der Waals surface area (Å²) in [6.07, 6.45) is 2.44. The summed E-state index contributed by atoms with van der Waals surface area (Å²) in [5.41, 5.74) is 2.41. The van der Waals surface area contributed by atoms with Gasteiger partial charge in [0.25, 0.3) is 11.6 Å². The van der Waals surface area contributed by atoms with E-state index in [1.54, 1.807) is 35.2 Å². The van der Waals surface area contributed by atoms with E-state index in [0.717, 1.165) is 17.7 Å². The molecule has 3 aromatic rings. The lowest BCUT2D eigenvalue weighted by Gasteiger charge is -2.17. The van der Waals surface area contributed by atoms with Crippen LogP contribution in [0.25, 0.3) is 17.4 Å². The van der Waals surface area contributed by atoms with Gasteiger partial charge in [0, 0.05) is 23.8 Å². The second kappa shape index (κ2) is 8.25. The van der Waals surface area contributed by atoms with E-state index >= 15 is 0 Å². The molecule has 1 aliphatic rings. The number of hydrogen-bond acceptors (Lipinski definition) is 6. The van der Waals surface area contributed by atoms with Crippen molar-refractivity contribution in [3.8, 4) is 11.3 Å². The van der Waals surface area contributed by atoms with Crippen molar-refractivity contribution in [1.82, 2.24) is 0 Å². The average molecular weight is 437 g/mol. The molecule has 1 aliphatic heterocycles. The van der Waals surface area contributed by atoms with E-state index in [-0.39, 0.29) is 11.6 Å². The highest BCUT2D eigenvalue weighted by Crippen LogP contribution is 2.38. The van der Waals surface area contributed by atoms with Crippen molar-refractivity contribution in [2.75, 3.05) is 4.90 Å². The Morgan fingerprint density at radius 1 is 1.17 bits per heavy atom. The number of hydrogen-bond donors (Lipinski definition) is 0. The smallest absolute Gasteiger partial charge is 0.270 e. The van der Waals surface area contributed by atoms with Crippen LogP contribution in [-0.2, 0) is 11.2 Å². The number of amides is 1. The molecule has 0 spiro atoms. The highest BCUT2D eigenvalue weighted by molar-refractivity contribution is 8.27. The number of anilines is 1. The largest absolute Gasteiger partial charge is 0.457 e. The fourth-order valence-electron chi connectivity index (χ4n) is 3.19. The first-order chi connectivity index (χ1) is 14.5. The van der Waals surface area contributed by atoms with Gasteiger partial charge in [-0.25, -0.2) is 0 Å². The molecule has 0 saturated carbocycles. The van der Waals surface area contributed by atoms with Crippen LogP contribution in [0.15, 0.2) is 70.0 Å². The van der Waals surface area contributed by atoms with Crippen LogP contribution in [0.5, 0.6) is 0 Å². The van der Waals surface area contributed by atoms with Gasteiger partial charge in [-0.1, -0.05) is 61.2 Å². The molecule has 1 saturated heterocycles. The predicted molar refractivity (Wildman–Crippen MR) is 122 cm³/mol. The molecule has 0 bridgehead atoms. The predicted octanol–water partition coefficient (Wildman–Crippen LogP) is 5.82. The molecule has 4 rings (SSSR count). The monoisotopic (exact) mass is 436 g/mol. The molecule has 30 heavy (non-hydrogen) atoms. The number of aryl methyl sites for hydroxylation is 1. The summed E-state index contributed by atoms with van der Waals surface area (Å²) in [7, 11) is 0. The number of para-hydroxylation sites is 1. The zero-order valence-corrected chi connectivity index (χ0v) is 17.5. The number of thioether (sulfide) groups is 1. The maximum atomic E-state index is 13.0. The average Bonchev–Trinajstić information content (AvgIpc) is 3.32. The number of non-ortho nitro benzene ring substituents is 1. The minimum atomic E-state index is -0.452. The number of nitro benzene ring substituents is 1. The van der Waals surface area contributed by atoms with Crippen LogP contribution in [-0.4, -0.2) is 15.2 Å². The number of rotatable bonds is 5. The third kappa shape index (κ3) is 3.79. The van der Waals surface area contributed by atoms with Gasteiger partial charge >= 0.3 is 0 Å². The molecule has 8 heteroatoms. The molecular formula is C22H16N2O4S2. The SMILES string of the molecule is CCc1ccccc1N1C(=O)/C(=C\c2ccc(-c3cccc([N+](=O)[O-])c3)o2)SC1=S. The maximum absolute atomic E-state index is 13.0. The molecule has 2 aromatic carbocycles. The van der Waals surface area contributed by atoms with Gasteiger partial charge in [0.05, 0.1) is 15.5 Å². The third-order valence-corrected chi connectivity index (χ3v) is 5.95. The highest BCUT2D eigenvalue weighted by atomic mass is 32.2. The molecule has 1 fully saturated rings. The highest BCUT2D eigenvalue weighted by Gasteiger charge is 2.34. The van der Waals surface area contributed by atoms with E-state index in [1.165, 1.54) is 23.9 Å². The summed E-state index contributed by atoms with van der Waals surface area (Å²) in [4.78, 5) is 25.6. The minimum Gasteiger partial charge on any atom is -0.457 e. The number of thiocarbonyl (C=S) groups is 1. The number of furan rings is 1. The van der Waals surface area contributed by atoms with Crippen LogP contribution in [0.3, 0.4) is 0 Å². The van der Waals surface area contributed by atoms with E-state index in [4.69, 9.17) is 16.6 Å². The molecule has 2 heterocycles. The quantitative estimate of drug-likeness (QED) is 0.217. The number of nitro groups is 1. The fraction of sp³-hybridized carbons (Fsp3) is 0.0909. The summed E-state index contributed by atoms with van der Waals surface area (Å²) in [6, 6.07) is 17.3. The van der Waals surface area contributed by atoms with Crippen LogP contribution in [0.1, 0.15) is 18.2 Å². The molecule has 1 aromatic heterocycles. The first kappa shape index (κ1) is 20.1. The molecule has 0 N–H and O–H groups in total. The first-order valence-electron chi connectivity index (χ1n) is 9.18. The Morgan fingerprint density at radius 3 is 2.73 bits per heavy atom. The second-order valence-corrected chi connectivity index (χ2v) is 8.18. The molecule has 0 radical (unpaired) electrons. The summed E-state index contributed by atoms with van der Waals surface area (Å²) in [5.74, 6) is 0.761. The standard InChI is InChI=1S/C22H16N2O4S2/c1-2-14-6-3-4-9-18(14)23-21(25)20(30-22(23)29)13-17-10-11-19(28-17)15-7-5-8-16(12-15)24(26)27/h3-13H,2H2,1H3/b20-13+. The summed E-state index contributed by atoms with van der Waals surface area (Å²) in [5, 5.41) is 11.0. The van der Waals surface area contributed by atoms with Gasteiger partial charge in [0.15, 0.2) is 4.32 Å². The van der Waals surface area contributed by atoms with Gasteiger partial charge in [-0.05, 0) is 30.2 Å². The van der Waals surface area contributed by atoms with Gasteiger partial charge in [0.2, 0.25) is 0 Å². The van der Waals surface area contributed by atoms with Crippen LogP contribution in [0, 0.1) is 10.1 Å². The molecule has 6 nitrogen and oxygen atoms in total.